The van der Waals surface area contributed by atoms with Gasteiger partial charge in [-0.05, 0) is 23.4 Å². The summed E-state index contributed by atoms with van der Waals surface area (Å²) in [5.74, 6) is -2.86. The van der Waals surface area contributed by atoms with Crippen molar-refractivity contribution in [2.45, 2.75) is 22.5 Å². The smallest absolute Gasteiger partial charge is 0.324 e. The van der Waals surface area contributed by atoms with Crippen molar-refractivity contribution in [3.63, 3.8) is 0 Å². The molecule has 6 N–H and O–H groups in total. The molecule has 0 bridgehead atoms. The number of oxime groups is 1. The van der Waals surface area contributed by atoms with Crippen LogP contribution in [0.4, 0.5) is 5.13 Å². The normalized spacial score (nSPS) is 19.1. The molecule has 2 aliphatic heterocycles. The van der Waals surface area contributed by atoms with Gasteiger partial charge in [-0.25, -0.2) is 4.98 Å². The van der Waals surface area contributed by atoms with Gasteiger partial charge in [-0.1, -0.05) is 9.83 Å². The highest BCUT2D eigenvalue weighted by atomic mass is 32.2. The van der Waals surface area contributed by atoms with Crippen LogP contribution in [0.1, 0.15) is 5.69 Å². The summed E-state index contributed by atoms with van der Waals surface area (Å²) in [5.41, 5.74) is 14.7. The van der Waals surface area contributed by atoms with E-state index in [1.807, 2.05) is 0 Å². The summed E-state index contributed by atoms with van der Waals surface area (Å²) in [6.45, 7) is 0.0987. The largest absolute Gasteiger partial charge is 0.543 e. The minimum atomic E-state index is -1.49. The first-order chi connectivity index (χ1) is 19.7. The van der Waals surface area contributed by atoms with Gasteiger partial charge in [-0.15, -0.1) is 23.1 Å². The molecule has 1 saturated heterocycles. The molecule has 4 heterocycles. The van der Waals surface area contributed by atoms with E-state index in [1.54, 1.807) is 29.1 Å². The number of nitrogens with one attached hydrogen (secondary N) is 2. The van der Waals surface area contributed by atoms with Gasteiger partial charge in [0.05, 0.1) is 25.3 Å². The number of amides is 2. The lowest BCUT2D eigenvalue weighted by Gasteiger charge is -2.50. The Morgan fingerprint density at radius 2 is 2.15 bits per heavy atom. The highest BCUT2D eigenvalue weighted by Gasteiger charge is 2.53. The number of nitrogens with two attached hydrogens (primary N) is 2. The molecule has 1 fully saturated rings. The van der Waals surface area contributed by atoms with E-state index in [0.717, 1.165) is 16.2 Å². The second-order valence-corrected chi connectivity index (χ2v) is 11.5. The number of hydrogen-bond donors (Lipinski definition) is 4. The quantitative estimate of drug-likeness (QED) is 0.0485. The lowest BCUT2D eigenvalue weighted by Crippen LogP contribution is -2.71. The van der Waals surface area contributed by atoms with Gasteiger partial charge in [0.25, 0.3) is 16.8 Å². The molecule has 0 aromatic carbocycles. The third kappa shape index (κ3) is 6.55. The summed E-state index contributed by atoms with van der Waals surface area (Å²) >= 11 is 3.74. The maximum Gasteiger partial charge on any atom is 0.324 e. The molecule has 218 valence electrons. The molecule has 0 saturated carbocycles. The van der Waals surface area contributed by atoms with E-state index in [1.165, 1.54) is 43.1 Å². The standard InChI is InChI=1S/C23H26N8O7S3/c1-37-22(36)12(24)7-26-30-6-4-3-5-14(30)39-8-11-9-40-20-16(19(33)31(20)17(11)21(34)35)28-18(32)15(29-38-2)13-10-41-23(25)27-13/h3-6,10,12,16,20,26H,7-9,24H2,1-2H3,(H3-,25,27,28,32,34,35)/b29-15-/t12-,16+,20+/m0/s1. The average molecular weight is 623 g/mol. The Morgan fingerprint density at radius 3 is 2.80 bits per heavy atom. The van der Waals surface area contributed by atoms with Gasteiger partial charge in [0.2, 0.25) is 6.20 Å². The number of thioether (sulfide) groups is 2. The molecule has 15 nitrogen and oxygen atoms in total. The summed E-state index contributed by atoms with van der Waals surface area (Å²) in [4.78, 5) is 59.7. The molecule has 0 unspecified atom stereocenters. The topological polar surface area (TPSA) is 218 Å². The van der Waals surface area contributed by atoms with Crippen LogP contribution in [-0.4, -0.2) is 89.1 Å². The monoisotopic (exact) mass is 622 g/mol. The number of nitrogens with zero attached hydrogens (tertiary/aromatic N) is 4. The first kappa shape index (κ1) is 30.1. The molecule has 2 aliphatic rings. The van der Waals surface area contributed by atoms with Gasteiger partial charge in [-0.3, -0.25) is 19.3 Å². The maximum absolute atomic E-state index is 13.1. The zero-order valence-corrected chi connectivity index (χ0v) is 24.2. The fourth-order valence-corrected chi connectivity index (χ4v) is 6.98. The number of fused-ring (bicyclic) bond motifs is 1. The van der Waals surface area contributed by atoms with E-state index in [9.17, 15) is 24.3 Å². The van der Waals surface area contributed by atoms with Crippen LogP contribution in [0, 0.1) is 0 Å². The van der Waals surface area contributed by atoms with Gasteiger partial charge in [0.15, 0.2) is 10.8 Å². The van der Waals surface area contributed by atoms with E-state index < -0.39 is 41.2 Å². The summed E-state index contributed by atoms with van der Waals surface area (Å²) in [6.07, 6.45) is 1.72. The molecule has 0 aliphatic carbocycles. The third-order valence-electron chi connectivity index (χ3n) is 5.89. The van der Waals surface area contributed by atoms with Crippen LogP contribution in [0.3, 0.4) is 0 Å². The van der Waals surface area contributed by atoms with Gasteiger partial charge < -0.3 is 36.3 Å². The average Bonchev–Trinajstić information content (AvgIpc) is 3.40. The van der Waals surface area contributed by atoms with Crippen molar-refractivity contribution in [2.24, 2.45) is 10.9 Å². The van der Waals surface area contributed by atoms with Gasteiger partial charge in [0, 0.05) is 29.0 Å². The number of carbonyl (C=O) groups excluding carboxylic acids is 4. The van der Waals surface area contributed by atoms with Gasteiger partial charge in [0.1, 0.15) is 30.3 Å². The van der Waals surface area contributed by atoms with Crippen molar-refractivity contribution < 1.29 is 38.5 Å². The van der Waals surface area contributed by atoms with Crippen molar-refractivity contribution in [3.8, 4) is 0 Å². The molecular weight excluding hydrogens is 597 g/mol. The minimum absolute atomic E-state index is 0.0987. The summed E-state index contributed by atoms with van der Waals surface area (Å²) in [6, 6.07) is 3.50. The minimum Gasteiger partial charge on any atom is -0.543 e. The molecule has 41 heavy (non-hydrogen) atoms. The number of aliphatic carboxylic acids is 1. The van der Waals surface area contributed by atoms with Crippen molar-refractivity contribution in [3.05, 3.63) is 46.7 Å². The van der Waals surface area contributed by atoms with E-state index in [0.29, 0.717) is 10.6 Å². The second-order valence-electron chi connectivity index (χ2n) is 8.48. The summed E-state index contributed by atoms with van der Waals surface area (Å²) in [5, 5.41) is 20.3. The predicted molar refractivity (Wildman–Crippen MR) is 149 cm³/mol. The Balaban J connectivity index is 1.45. The van der Waals surface area contributed by atoms with Crippen LogP contribution in [0.2, 0.25) is 0 Å². The highest BCUT2D eigenvalue weighted by molar-refractivity contribution is 8.01. The maximum atomic E-state index is 13.1. The number of carboxylic acid groups (broad SMARTS) is 1. The fourth-order valence-electron chi connectivity index (χ4n) is 3.95. The highest BCUT2D eigenvalue weighted by Crippen LogP contribution is 2.41. The molecule has 2 aromatic rings. The first-order valence-electron chi connectivity index (χ1n) is 11.9. The van der Waals surface area contributed by atoms with Crippen LogP contribution in [0.5, 0.6) is 0 Å². The Kier molecular flexibility index (Phi) is 9.69. The van der Waals surface area contributed by atoms with E-state index >= 15 is 0 Å². The number of thiazole rings is 1. The van der Waals surface area contributed by atoms with Gasteiger partial charge in [-0.2, -0.15) is 5.43 Å². The Bertz CT molecular complexity index is 1420. The number of rotatable bonds is 12. The van der Waals surface area contributed by atoms with Crippen LogP contribution in [0.15, 0.2) is 51.2 Å². The first-order valence-corrected chi connectivity index (χ1v) is 14.8. The number of ether oxygens (including phenoxy) is 1. The van der Waals surface area contributed by atoms with Crippen molar-refractivity contribution in [1.29, 1.82) is 0 Å². The molecule has 3 atom stereocenters. The lowest BCUT2D eigenvalue weighted by atomic mass is 10.0. The zero-order valence-electron chi connectivity index (χ0n) is 21.8. The number of aromatic nitrogens is 2. The molecule has 0 radical (unpaired) electrons. The number of nitrogen functional groups attached to an aromatic ring is 1. The van der Waals surface area contributed by atoms with Crippen LogP contribution in [0.25, 0.3) is 0 Å². The van der Waals surface area contributed by atoms with Crippen LogP contribution < -0.4 is 32.0 Å². The summed E-state index contributed by atoms with van der Waals surface area (Å²) in [7, 11) is 2.51. The number of β-lactam (4-membered cyclic amide) rings is 1. The Labute approximate surface area is 246 Å². The van der Waals surface area contributed by atoms with Crippen LogP contribution >= 0.6 is 34.9 Å². The fraction of sp³-hybridized carbons (Fsp3) is 0.348. The van der Waals surface area contributed by atoms with E-state index in [4.69, 9.17) is 16.3 Å². The molecule has 2 aromatic heterocycles. The molecular formula is C23H26N8O7S3. The Hall–Kier alpha value is -3.87. The van der Waals surface area contributed by atoms with E-state index in [-0.39, 0.29) is 40.3 Å². The second kappa shape index (κ2) is 13.2. The zero-order chi connectivity index (χ0) is 29.7. The van der Waals surface area contributed by atoms with Crippen molar-refractivity contribution in [1.82, 2.24) is 15.2 Å². The third-order valence-corrected chi connectivity index (χ3v) is 9.03. The molecule has 2 amide bonds. The number of esters is 1. The Morgan fingerprint density at radius 1 is 1.37 bits per heavy atom. The summed E-state index contributed by atoms with van der Waals surface area (Å²) < 4.78 is 6.29. The molecule has 4 rings (SSSR count). The van der Waals surface area contributed by atoms with E-state index in [2.05, 4.69) is 25.6 Å². The van der Waals surface area contributed by atoms with Crippen LogP contribution in [-0.2, 0) is 28.8 Å². The van der Waals surface area contributed by atoms with Gasteiger partial charge >= 0.3 is 5.97 Å². The number of carbonyl (C=O) groups is 4. The lowest BCUT2D eigenvalue weighted by molar-refractivity contribution is -0.688. The van der Waals surface area contributed by atoms with Crippen molar-refractivity contribution >= 4 is 69.5 Å². The molecule has 18 heteroatoms. The molecule has 0 spiro atoms. The number of methoxy groups -OCH3 is 1. The predicted octanol–water partition coefficient (Wildman–Crippen LogP) is -2.40. The number of anilines is 1. The number of pyridine rings is 1. The SMILES string of the molecule is CO/N=C(\C(=O)N[C@@H]1C(=O)N2C(C(=O)[O-])=C(CSc3cccc[n+]3NC[C@H](N)C(=O)OC)CS[C@H]12)c1csc(N)n1. The number of carboxylic acids is 1. The number of hydrogen-bond acceptors (Lipinski definition) is 15. The van der Waals surface area contributed by atoms with Crippen molar-refractivity contribution in [2.75, 3.05) is 43.4 Å².